The first-order valence-corrected chi connectivity index (χ1v) is 7.34. The van der Waals surface area contributed by atoms with Crippen molar-refractivity contribution in [3.8, 4) is 0 Å². The second-order valence-corrected chi connectivity index (χ2v) is 5.40. The average Bonchev–Trinajstić information content (AvgIpc) is 2.53. The van der Waals surface area contributed by atoms with Crippen molar-refractivity contribution < 1.29 is 17.6 Å². The van der Waals surface area contributed by atoms with Crippen LogP contribution < -0.4 is 5.32 Å². The molecule has 0 amide bonds. The summed E-state index contributed by atoms with van der Waals surface area (Å²) < 4.78 is 53.1. The Morgan fingerprint density at radius 3 is 2.09 bits per heavy atom. The predicted molar refractivity (Wildman–Crippen MR) is 75.7 cm³/mol. The van der Waals surface area contributed by atoms with E-state index in [1.807, 2.05) is 6.92 Å². The van der Waals surface area contributed by atoms with Gasteiger partial charge in [0, 0.05) is 38.8 Å². The highest BCUT2D eigenvalue weighted by molar-refractivity contribution is 5.45. The molecule has 1 N–H and O–H groups in total. The van der Waals surface area contributed by atoms with Gasteiger partial charge in [0.05, 0.1) is 0 Å². The largest absolute Gasteiger partial charge is 0.378 e. The first kappa shape index (κ1) is 17.0. The fourth-order valence-electron chi connectivity index (χ4n) is 2.54. The summed E-state index contributed by atoms with van der Waals surface area (Å²) in [6, 6.07) is -0.0166. The van der Waals surface area contributed by atoms with Gasteiger partial charge in [-0.25, -0.2) is 0 Å². The number of halogens is 4. The fraction of sp³-hybridized carbons (Fsp3) is 0.643. The van der Waals surface area contributed by atoms with Gasteiger partial charge in [-0.2, -0.15) is 22.5 Å². The van der Waals surface area contributed by atoms with E-state index in [0.717, 1.165) is 32.7 Å². The van der Waals surface area contributed by atoms with Crippen LogP contribution in [0.1, 0.15) is 13.8 Å². The molecule has 124 valence electrons. The lowest BCUT2D eigenvalue weighted by molar-refractivity contribution is 0.110. The zero-order valence-corrected chi connectivity index (χ0v) is 12.7. The van der Waals surface area contributed by atoms with Gasteiger partial charge in [0.2, 0.25) is 11.6 Å². The molecule has 1 unspecified atom stereocenters. The molecule has 1 fully saturated rings. The van der Waals surface area contributed by atoms with Crippen molar-refractivity contribution in [3.05, 3.63) is 23.5 Å². The minimum Gasteiger partial charge on any atom is -0.378 e. The molecule has 0 radical (unpaired) electrons. The number of likely N-dealkylation sites (N-methyl/N-ethyl adjacent to an activating group) is 1. The summed E-state index contributed by atoms with van der Waals surface area (Å²) in [4.78, 5) is 7.01. The smallest absolute Gasteiger partial charge is 0.253 e. The zero-order valence-electron chi connectivity index (χ0n) is 12.7. The van der Waals surface area contributed by atoms with E-state index in [1.54, 1.807) is 0 Å². The van der Waals surface area contributed by atoms with Crippen molar-refractivity contribution in [1.82, 2.24) is 14.8 Å². The molecule has 1 aliphatic heterocycles. The van der Waals surface area contributed by atoms with Crippen LogP contribution in [0.5, 0.6) is 0 Å². The second kappa shape index (κ2) is 7.23. The quantitative estimate of drug-likeness (QED) is 0.665. The monoisotopic (exact) mass is 320 g/mol. The molecule has 1 atom stereocenters. The highest BCUT2D eigenvalue weighted by Crippen LogP contribution is 2.22. The molecule has 0 bridgehead atoms. The normalized spacial score (nSPS) is 18.5. The summed E-state index contributed by atoms with van der Waals surface area (Å²) in [6.07, 6.45) is 0. The number of pyridine rings is 1. The average molecular weight is 320 g/mol. The van der Waals surface area contributed by atoms with Gasteiger partial charge in [0.15, 0.2) is 0 Å². The highest BCUT2D eigenvalue weighted by atomic mass is 19.2. The third kappa shape index (κ3) is 3.67. The lowest BCUT2D eigenvalue weighted by Crippen LogP contribution is -2.51. The van der Waals surface area contributed by atoms with E-state index in [9.17, 15) is 17.6 Å². The van der Waals surface area contributed by atoms with Crippen molar-refractivity contribution in [2.75, 3.05) is 44.6 Å². The van der Waals surface area contributed by atoms with Gasteiger partial charge in [-0.3, -0.25) is 4.90 Å². The summed E-state index contributed by atoms with van der Waals surface area (Å²) in [6.45, 7) is 8.73. The molecule has 4 nitrogen and oxygen atoms in total. The molecule has 8 heteroatoms. The van der Waals surface area contributed by atoms with Gasteiger partial charge in [-0.15, -0.1) is 0 Å². The van der Waals surface area contributed by atoms with E-state index in [0.29, 0.717) is 0 Å². The van der Waals surface area contributed by atoms with Gasteiger partial charge < -0.3 is 10.2 Å². The maximum Gasteiger partial charge on any atom is 0.253 e. The van der Waals surface area contributed by atoms with Gasteiger partial charge in [-0.05, 0) is 13.5 Å². The molecule has 0 saturated carbocycles. The van der Waals surface area contributed by atoms with Crippen LogP contribution in [0.2, 0.25) is 0 Å². The van der Waals surface area contributed by atoms with Crippen molar-refractivity contribution in [2.24, 2.45) is 0 Å². The predicted octanol–water partition coefficient (Wildman–Crippen LogP) is 2.08. The Balaban J connectivity index is 1.96. The van der Waals surface area contributed by atoms with E-state index in [4.69, 9.17) is 0 Å². The van der Waals surface area contributed by atoms with Crippen molar-refractivity contribution in [1.29, 1.82) is 0 Å². The van der Waals surface area contributed by atoms with Crippen LogP contribution in [0, 0.1) is 23.5 Å². The van der Waals surface area contributed by atoms with Crippen LogP contribution in [-0.4, -0.2) is 60.1 Å². The maximum atomic E-state index is 13.5. The molecule has 2 rings (SSSR count). The third-order valence-corrected chi connectivity index (χ3v) is 4.05. The summed E-state index contributed by atoms with van der Waals surface area (Å²) in [7, 11) is 0. The second-order valence-electron chi connectivity index (χ2n) is 5.40. The molecular weight excluding hydrogens is 300 g/mol. The molecule has 0 aliphatic carbocycles. The number of hydrogen-bond donors (Lipinski definition) is 1. The first-order chi connectivity index (χ1) is 10.4. The van der Waals surface area contributed by atoms with Crippen LogP contribution in [0.15, 0.2) is 0 Å². The fourth-order valence-corrected chi connectivity index (χ4v) is 2.54. The maximum absolute atomic E-state index is 13.5. The van der Waals surface area contributed by atoms with Crippen LogP contribution in [0.25, 0.3) is 0 Å². The third-order valence-electron chi connectivity index (χ3n) is 4.05. The van der Waals surface area contributed by atoms with Gasteiger partial charge in [0.25, 0.3) is 11.9 Å². The summed E-state index contributed by atoms with van der Waals surface area (Å²) in [5, 5.41) is 2.46. The number of nitrogens with zero attached hydrogens (tertiary/aromatic N) is 3. The van der Waals surface area contributed by atoms with Gasteiger partial charge >= 0.3 is 0 Å². The van der Waals surface area contributed by atoms with Crippen molar-refractivity contribution >= 4 is 5.69 Å². The van der Waals surface area contributed by atoms with Crippen molar-refractivity contribution in [3.63, 3.8) is 0 Å². The van der Waals surface area contributed by atoms with Gasteiger partial charge in [-0.1, -0.05) is 6.92 Å². The number of anilines is 1. The molecule has 0 spiro atoms. The molecule has 0 aromatic carbocycles. The van der Waals surface area contributed by atoms with Crippen LogP contribution in [0.4, 0.5) is 23.2 Å². The van der Waals surface area contributed by atoms with E-state index < -0.39 is 29.2 Å². The molecule has 1 aromatic rings. The van der Waals surface area contributed by atoms with E-state index in [1.165, 1.54) is 0 Å². The van der Waals surface area contributed by atoms with Gasteiger partial charge in [0.1, 0.15) is 5.69 Å². The number of aromatic nitrogens is 1. The van der Waals surface area contributed by atoms with Crippen molar-refractivity contribution in [2.45, 2.75) is 19.9 Å². The Morgan fingerprint density at radius 1 is 1.05 bits per heavy atom. The van der Waals surface area contributed by atoms with Crippen LogP contribution in [-0.2, 0) is 0 Å². The van der Waals surface area contributed by atoms with E-state index in [2.05, 4.69) is 27.0 Å². The number of hydrogen-bond acceptors (Lipinski definition) is 4. The number of piperazine rings is 1. The number of rotatable bonds is 5. The lowest BCUT2D eigenvalue weighted by Gasteiger charge is -2.37. The minimum atomic E-state index is -1.65. The summed E-state index contributed by atoms with van der Waals surface area (Å²) in [5.74, 6) is -6.29. The minimum absolute atomic E-state index is 0.0166. The molecule has 2 heterocycles. The molecule has 1 aliphatic rings. The summed E-state index contributed by atoms with van der Waals surface area (Å²) in [5.41, 5.74) is -0.802. The standard InChI is InChI=1S/C14H20F4N4/c1-3-21-4-6-22(7-5-21)9(2)8-19-12-10(15)13(17)20-14(18)11(12)16/h9H,3-8H2,1-2H3,(H,19,20). The Hall–Kier alpha value is -1.41. The van der Waals surface area contributed by atoms with Crippen LogP contribution in [0.3, 0.4) is 0 Å². The molecule has 22 heavy (non-hydrogen) atoms. The van der Waals surface area contributed by atoms with E-state index >= 15 is 0 Å². The zero-order chi connectivity index (χ0) is 16.3. The molecule has 1 aromatic heterocycles. The van der Waals surface area contributed by atoms with Crippen LogP contribution >= 0.6 is 0 Å². The Labute approximate surface area is 127 Å². The van der Waals surface area contributed by atoms with E-state index in [-0.39, 0.29) is 12.6 Å². The Morgan fingerprint density at radius 2 is 1.59 bits per heavy atom. The topological polar surface area (TPSA) is 31.4 Å². The summed E-state index contributed by atoms with van der Waals surface area (Å²) >= 11 is 0. The molecular formula is C14H20F4N4. The Bertz CT molecular complexity index is 492. The molecule has 1 saturated heterocycles. The first-order valence-electron chi connectivity index (χ1n) is 7.34. The lowest BCUT2D eigenvalue weighted by atomic mass is 10.2. The highest BCUT2D eigenvalue weighted by Gasteiger charge is 2.23. The number of nitrogens with one attached hydrogen (secondary N) is 1. The Kier molecular flexibility index (Phi) is 5.57. The SMILES string of the molecule is CCN1CCN(C(C)CNc2c(F)c(F)nc(F)c2F)CC1.